The number of fused-ring (bicyclic) bond motifs is 1. The van der Waals surface area contributed by atoms with Crippen LogP contribution in [0.3, 0.4) is 0 Å². The fraction of sp³-hybridized carbons (Fsp3) is 0.118. The lowest BCUT2D eigenvalue weighted by Gasteiger charge is -2.13. The molecule has 4 nitrogen and oxygen atoms in total. The van der Waals surface area contributed by atoms with Crippen LogP contribution in [-0.2, 0) is 0 Å². The molecule has 106 valence electrons. The van der Waals surface area contributed by atoms with Crippen LogP contribution in [0.4, 0.5) is 0 Å². The molecule has 1 aromatic heterocycles. The van der Waals surface area contributed by atoms with Gasteiger partial charge >= 0.3 is 5.63 Å². The van der Waals surface area contributed by atoms with Crippen molar-refractivity contribution < 1.29 is 14.3 Å². The summed E-state index contributed by atoms with van der Waals surface area (Å²) in [4.78, 5) is 11.8. The molecule has 0 saturated heterocycles. The first-order chi connectivity index (χ1) is 10.1. The molecule has 0 amide bonds. The lowest BCUT2D eigenvalue weighted by atomic mass is 10.00. The summed E-state index contributed by atoms with van der Waals surface area (Å²) in [6.07, 6.45) is 0. The van der Waals surface area contributed by atoms with Crippen LogP contribution in [0.5, 0.6) is 11.5 Å². The van der Waals surface area contributed by atoms with Crippen LogP contribution in [0.2, 0.25) is 0 Å². The number of methoxy groups -OCH3 is 1. The zero-order valence-electron chi connectivity index (χ0n) is 11.7. The van der Waals surface area contributed by atoms with Gasteiger partial charge < -0.3 is 14.3 Å². The maximum absolute atomic E-state index is 11.8. The Labute approximate surface area is 121 Å². The predicted molar refractivity (Wildman–Crippen MR) is 78.7 cm³/mol. The molecular weight excluding hydrogens is 268 g/mol. The van der Waals surface area contributed by atoms with E-state index in [0.29, 0.717) is 11.1 Å². The van der Waals surface area contributed by atoms with E-state index in [1.807, 2.05) is 24.3 Å². The fourth-order valence-corrected chi connectivity index (χ4v) is 2.35. The lowest BCUT2D eigenvalue weighted by molar-refractivity contribution is -0.269. The van der Waals surface area contributed by atoms with Crippen molar-refractivity contribution in [1.29, 1.82) is 0 Å². The van der Waals surface area contributed by atoms with Crippen molar-refractivity contribution in [2.75, 3.05) is 7.11 Å². The Kier molecular flexibility index (Phi) is 3.14. The molecule has 0 aliphatic rings. The number of aryl methyl sites for hydroxylation is 1. The summed E-state index contributed by atoms with van der Waals surface area (Å²) in [5.41, 5.74) is 1.93. The Hall–Kier alpha value is -2.75. The van der Waals surface area contributed by atoms with Crippen LogP contribution < -0.4 is 15.5 Å². The Bertz CT molecular complexity index is 860. The monoisotopic (exact) mass is 281 g/mol. The number of hydrogen-bond donors (Lipinski definition) is 0. The minimum atomic E-state index is -0.470. The minimum absolute atomic E-state index is 0.141. The van der Waals surface area contributed by atoms with E-state index in [2.05, 4.69) is 0 Å². The molecule has 0 aliphatic heterocycles. The number of hydrogen-bond acceptors (Lipinski definition) is 4. The van der Waals surface area contributed by atoms with E-state index >= 15 is 0 Å². The summed E-state index contributed by atoms with van der Waals surface area (Å²) in [7, 11) is 1.60. The van der Waals surface area contributed by atoms with Gasteiger partial charge in [0.2, 0.25) is 0 Å². The predicted octanol–water partition coefficient (Wildman–Crippen LogP) is 2.85. The van der Waals surface area contributed by atoms with Crippen LogP contribution in [0, 0.1) is 6.92 Å². The van der Waals surface area contributed by atoms with Crippen LogP contribution in [0.25, 0.3) is 22.1 Å². The van der Waals surface area contributed by atoms with Gasteiger partial charge in [0, 0.05) is 11.5 Å². The van der Waals surface area contributed by atoms with Crippen LogP contribution in [-0.4, -0.2) is 7.11 Å². The maximum Gasteiger partial charge on any atom is 0.336 e. The zero-order valence-corrected chi connectivity index (χ0v) is 11.7. The van der Waals surface area contributed by atoms with Gasteiger partial charge in [-0.2, -0.15) is 0 Å². The Morgan fingerprint density at radius 2 is 1.81 bits per heavy atom. The third-order valence-corrected chi connectivity index (χ3v) is 3.51. The zero-order chi connectivity index (χ0) is 15.0. The molecule has 2 aromatic carbocycles. The van der Waals surface area contributed by atoms with Gasteiger partial charge in [-0.25, -0.2) is 4.79 Å². The van der Waals surface area contributed by atoms with Crippen LogP contribution in [0.1, 0.15) is 5.56 Å². The molecule has 0 bridgehead atoms. The highest BCUT2D eigenvalue weighted by Gasteiger charge is 2.10. The highest BCUT2D eigenvalue weighted by Crippen LogP contribution is 2.32. The van der Waals surface area contributed by atoms with Crippen LogP contribution >= 0.6 is 0 Å². The maximum atomic E-state index is 11.8. The van der Waals surface area contributed by atoms with Gasteiger partial charge in [0.1, 0.15) is 11.3 Å². The van der Waals surface area contributed by atoms with Gasteiger partial charge in [0.15, 0.2) is 0 Å². The molecule has 0 fully saturated rings. The van der Waals surface area contributed by atoms with Crippen molar-refractivity contribution in [3.05, 3.63) is 58.4 Å². The third kappa shape index (κ3) is 2.25. The molecule has 0 atom stereocenters. The average Bonchev–Trinajstić information content (AvgIpc) is 2.51. The molecule has 0 radical (unpaired) electrons. The van der Waals surface area contributed by atoms with Gasteiger partial charge in [-0.3, -0.25) is 0 Å². The van der Waals surface area contributed by atoms with Crippen molar-refractivity contribution >= 4 is 11.0 Å². The van der Waals surface area contributed by atoms with E-state index in [1.54, 1.807) is 20.1 Å². The first-order valence-corrected chi connectivity index (χ1v) is 6.49. The first kappa shape index (κ1) is 13.2. The Balaban J connectivity index is 2.31. The first-order valence-electron chi connectivity index (χ1n) is 6.49. The molecule has 0 saturated carbocycles. The van der Waals surface area contributed by atoms with Crippen molar-refractivity contribution in [2.45, 2.75) is 6.92 Å². The van der Waals surface area contributed by atoms with Gasteiger partial charge in [0.05, 0.1) is 7.11 Å². The summed E-state index contributed by atoms with van der Waals surface area (Å²) in [6, 6.07) is 12.0. The molecule has 21 heavy (non-hydrogen) atoms. The van der Waals surface area contributed by atoms with Gasteiger partial charge in [-0.15, -0.1) is 5.75 Å². The van der Waals surface area contributed by atoms with E-state index in [1.165, 1.54) is 12.1 Å². The average molecular weight is 281 g/mol. The van der Waals surface area contributed by atoms with Gasteiger partial charge in [-0.05, 0) is 35.7 Å². The van der Waals surface area contributed by atoms with Gasteiger partial charge in [0.25, 0.3) is 0 Å². The fourth-order valence-electron chi connectivity index (χ4n) is 2.35. The summed E-state index contributed by atoms with van der Waals surface area (Å²) < 4.78 is 10.3. The van der Waals surface area contributed by atoms with Crippen LogP contribution in [0.15, 0.2) is 51.7 Å². The van der Waals surface area contributed by atoms with E-state index in [0.717, 1.165) is 22.3 Å². The lowest BCUT2D eigenvalue weighted by Crippen LogP contribution is -2.01. The largest absolute Gasteiger partial charge is 0.872 e. The Morgan fingerprint density at radius 1 is 1.10 bits per heavy atom. The second kappa shape index (κ2) is 4.98. The summed E-state index contributed by atoms with van der Waals surface area (Å²) in [5.74, 6) is 0.599. The van der Waals surface area contributed by atoms with Crippen molar-refractivity contribution in [2.24, 2.45) is 0 Å². The molecule has 3 rings (SSSR count). The quantitative estimate of drug-likeness (QED) is 0.678. The minimum Gasteiger partial charge on any atom is -0.872 e. The number of rotatable bonds is 2. The normalized spacial score (nSPS) is 10.8. The number of ether oxygens (including phenoxy) is 1. The second-order valence-corrected chi connectivity index (χ2v) is 4.77. The molecule has 1 heterocycles. The topological polar surface area (TPSA) is 62.5 Å². The van der Waals surface area contributed by atoms with Crippen molar-refractivity contribution in [3.63, 3.8) is 0 Å². The summed E-state index contributed by atoms with van der Waals surface area (Å²) >= 11 is 0. The molecule has 4 heteroatoms. The molecular formula is C17H13O4-. The highest BCUT2D eigenvalue weighted by atomic mass is 16.5. The van der Waals surface area contributed by atoms with E-state index in [-0.39, 0.29) is 5.75 Å². The van der Waals surface area contributed by atoms with Crippen molar-refractivity contribution in [1.82, 2.24) is 0 Å². The standard InChI is InChI=1S/C17H14O4/c1-10-15(18)8-7-13-14(9-16(19)21-17(10)13)11-3-5-12(20-2)6-4-11/h3-9,18H,1-2H3/p-1. The summed E-state index contributed by atoms with van der Waals surface area (Å²) in [6.45, 7) is 1.66. The molecule has 0 aliphatic carbocycles. The Morgan fingerprint density at radius 3 is 2.48 bits per heavy atom. The highest BCUT2D eigenvalue weighted by molar-refractivity contribution is 5.95. The SMILES string of the molecule is COc1ccc(-c2cc(=O)oc3c(C)c([O-])ccc23)cc1. The second-order valence-electron chi connectivity index (χ2n) is 4.77. The van der Waals surface area contributed by atoms with E-state index in [9.17, 15) is 9.90 Å². The summed E-state index contributed by atoms with van der Waals surface area (Å²) in [5, 5.41) is 12.4. The molecule has 3 aromatic rings. The molecule has 0 unspecified atom stereocenters. The van der Waals surface area contributed by atoms with E-state index in [4.69, 9.17) is 9.15 Å². The smallest absolute Gasteiger partial charge is 0.336 e. The molecule has 0 N–H and O–H groups in total. The van der Waals surface area contributed by atoms with Crippen molar-refractivity contribution in [3.8, 4) is 22.6 Å². The van der Waals surface area contributed by atoms with E-state index < -0.39 is 5.63 Å². The number of benzene rings is 2. The third-order valence-electron chi connectivity index (χ3n) is 3.51. The van der Waals surface area contributed by atoms with Gasteiger partial charge in [-0.1, -0.05) is 24.3 Å². The molecule has 0 spiro atoms.